The first-order valence-corrected chi connectivity index (χ1v) is 10.4. The average Bonchev–Trinajstić information content (AvgIpc) is 2.73. The molecule has 0 spiro atoms. The lowest BCUT2D eigenvalue weighted by Gasteiger charge is -2.16. The quantitative estimate of drug-likeness (QED) is 0.461. The monoisotopic (exact) mass is 510 g/mol. The number of hydrogen-bond acceptors (Lipinski definition) is 4. The third-order valence-electron chi connectivity index (χ3n) is 4.08. The van der Waals surface area contributed by atoms with Gasteiger partial charge in [0.1, 0.15) is 11.5 Å². The van der Waals surface area contributed by atoms with E-state index in [9.17, 15) is 9.59 Å². The number of hydrazine groups is 1. The molecule has 2 amide bonds. The first-order valence-electron chi connectivity index (χ1n) is 8.85. The highest BCUT2D eigenvalue weighted by molar-refractivity contribution is 9.10. The summed E-state index contributed by atoms with van der Waals surface area (Å²) in [4.78, 5) is 24.2. The highest BCUT2D eigenvalue weighted by atomic mass is 79.9. The zero-order chi connectivity index (χ0) is 21.7. The summed E-state index contributed by atoms with van der Waals surface area (Å²) >= 11 is 15.3. The summed E-state index contributed by atoms with van der Waals surface area (Å²) < 4.78 is 11.8. The maximum atomic E-state index is 12.1. The van der Waals surface area contributed by atoms with Gasteiger partial charge in [-0.1, -0.05) is 53.5 Å². The van der Waals surface area contributed by atoms with E-state index in [4.69, 9.17) is 32.7 Å². The molecule has 1 atom stereocenters. The fourth-order valence-corrected chi connectivity index (χ4v) is 3.61. The molecule has 0 aliphatic heterocycles. The lowest BCUT2D eigenvalue weighted by molar-refractivity contribution is -0.133. The molecule has 0 heterocycles. The van der Waals surface area contributed by atoms with Crippen LogP contribution >= 0.6 is 39.1 Å². The van der Waals surface area contributed by atoms with E-state index in [0.29, 0.717) is 16.5 Å². The van der Waals surface area contributed by atoms with E-state index in [2.05, 4.69) is 26.8 Å². The van der Waals surface area contributed by atoms with Crippen molar-refractivity contribution in [3.8, 4) is 11.5 Å². The van der Waals surface area contributed by atoms with Crippen molar-refractivity contribution < 1.29 is 19.1 Å². The molecule has 6 nitrogen and oxygen atoms in total. The summed E-state index contributed by atoms with van der Waals surface area (Å²) in [7, 11) is 0. The van der Waals surface area contributed by atoms with Gasteiger partial charge < -0.3 is 9.47 Å². The molecule has 3 aromatic carbocycles. The lowest BCUT2D eigenvalue weighted by atomic mass is 10.1. The van der Waals surface area contributed by atoms with Crippen LogP contribution < -0.4 is 20.3 Å². The van der Waals surface area contributed by atoms with E-state index in [1.807, 2.05) is 30.3 Å². The Kier molecular flexibility index (Phi) is 7.42. The number of ether oxygens (including phenoxy) is 2. The summed E-state index contributed by atoms with van der Waals surface area (Å²) in [5.74, 6) is -0.259. The number of amides is 2. The standard InChI is InChI=1S/C21H17BrCl2N2O4/c1-12(30-17-9-7-14(23)10-16(17)24)21(28)26-25-19(27)11-29-18-8-6-13-4-2-3-5-15(13)20(18)22/h2-10,12H,11H2,1H3,(H,25,27)(H,26,28). The van der Waals surface area contributed by atoms with Gasteiger partial charge in [0, 0.05) is 5.02 Å². The highest BCUT2D eigenvalue weighted by Crippen LogP contribution is 2.33. The van der Waals surface area contributed by atoms with Gasteiger partial charge in [-0.15, -0.1) is 0 Å². The van der Waals surface area contributed by atoms with E-state index < -0.39 is 17.9 Å². The Morgan fingerprint density at radius 2 is 1.77 bits per heavy atom. The Morgan fingerprint density at radius 1 is 1.03 bits per heavy atom. The van der Waals surface area contributed by atoms with Crippen LogP contribution in [-0.2, 0) is 9.59 Å². The van der Waals surface area contributed by atoms with Crippen molar-refractivity contribution in [1.82, 2.24) is 10.9 Å². The van der Waals surface area contributed by atoms with E-state index in [0.717, 1.165) is 15.2 Å². The Morgan fingerprint density at radius 3 is 2.53 bits per heavy atom. The molecule has 2 N–H and O–H groups in total. The number of carbonyl (C=O) groups excluding carboxylic acids is 2. The zero-order valence-electron chi connectivity index (χ0n) is 15.7. The minimum absolute atomic E-state index is 0.278. The molecule has 3 rings (SSSR count). The fraction of sp³-hybridized carbons (Fsp3) is 0.143. The van der Waals surface area contributed by atoms with Crippen LogP contribution in [-0.4, -0.2) is 24.5 Å². The average molecular weight is 512 g/mol. The Hall–Kier alpha value is -2.48. The van der Waals surface area contributed by atoms with Gasteiger partial charge in [0.05, 0.1) is 9.50 Å². The molecular formula is C21H17BrCl2N2O4. The molecule has 0 radical (unpaired) electrons. The number of hydrogen-bond donors (Lipinski definition) is 2. The topological polar surface area (TPSA) is 76.7 Å². The highest BCUT2D eigenvalue weighted by Gasteiger charge is 2.17. The largest absolute Gasteiger partial charge is 0.483 e. The van der Waals surface area contributed by atoms with Gasteiger partial charge >= 0.3 is 0 Å². The second-order valence-corrected chi connectivity index (χ2v) is 7.90. The van der Waals surface area contributed by atoms with Crippen LogP contribution in [0.4, 0.5) is 0 Å². The number of carbonyl (C=O) groups is 2. The van der Waals surface area contributed by atoms with Crippen LogP contribution in [0.2, 0.25) is 10.0 Å². The van der Waals surface area contributed by atoms with Crippen LogP contribution in [0.1, 0.15) is 6.92 Å². The number of benzene rings is 3. The predicted octanol–water partition coefficient (Wildman–Crippen LogP) is 4.90. The van der Waals surface area contributed by atoms with Gasteiger partial charge in [-0.25, -0.2) is 0 Å². The molecule has 1 unspecified atom stereocenters. The molecule has 3 aromatic rings. The second-order valence-electron chi connectivity index (χ2n) is 6.26. The van der Waals surface area contributed by atoms with Gasteiger partial charge in [-0.2, -0.15) is 0 Å². The van der Waals surface area contributed by atoms with Gasteiger partial charge in [-0.3, -0.25) is 20.4 Å². The van der Waals surface area contributed by atoms with E-state index in [1.54, 1.807) is 18.2 Å². The lowest BCUT2D eigenvalue weighted by Crippen LogP contribution is -2.48. The first kappa shape index (κ1) is 22.2. The first-order chi connectivity index (χ1) is 14.3. The molecular weight excluding hydrogens is 495 g/mol. The molecule has 9 heteroatoms. The maximum absolute atomic E-state index is 12.1. The third-order valence-corrected chi connectivity index (χ3v) is 5.43. The molecule has 0 aliphatic rings. The number of halogens is 3. The van der Waals surface area contributed by atoms with Crippen molar-refractivity contribution in [2.75, 3.05) is 6.61 Å². The van der Waals surface area contributed by atoms with Crippen molar-refractivity contribution in [1.29, 1.82) is 0 Å². The normalized spacial score (nSPS) is 11.6. The summed E-state index contributed by atoms with van der Waals surface area (Å²) in [6.45, 7) is 1.24. The molecule has 0 bridgehead atoms. The Bertz CT molecular complexity index is 1090. The van der Waals surface area contributed by atoms with Gasteiger partial charge in [0.25, 0.3) is 11.8 Å². The summed E-state index contributed by atoms with van der Waals surface area (Å²) in [6, 6.07) is 16.1. The van der Waals surface area contributed by atoms with Crippen LogP contribution in [0.5, 0.6) is 11.5 Å². The van der Waals surface area contributed by atoms with Gasteiger partial charge in [-0.05, 0) is 57.9 Å². The minimum Gasteiger partial charge on any atom is -0.483 e. The van der Waals surface area contributed by atoms with Crippen molar-refractivity contribution in [2.45, 2.75) is 13.0 Å². The smallest absolute Gasteiger partial charge is 0.279 e. The number of fused-ring (bicyclic) bond motifs is 1. The van der Waals surface area contributed by atoms with Gasteiger partial charge in [0.2, 0.25) is 0 Å². The molecule has 0 saturated heterocycles. The Balaban J connectivity index is 1.49. The fourth-order valence-electron chi connectivity index (χ4n) is 2.55. The van der Waals surface area contributed by atoms with Crippen molar-refractivity contribution in [3.05, 3.63) is 69.1 Å². The van der Waals surface area contributed by atoms with Crippen LogP contribution in [0, 0.1) is 0 Å². The van der Waals surface area contributed by atoms with E-state index in [1.165, 1.54) is 13.0 Å². The second kappa shape index (κ2) is 10.0. The number of rotatable bonds is 6. The van der Waals surface area contributed by atoms with E-state index in [-0.39, 0.29) is 11.6 Å². The predicted molar refractivity (Wildman–Crippen MR) is 120 cm³/mol. The molecule has 0 saturated carbocycles. The summed E-state index contributed by atoms with van der Waals surface area (Å²) in [5, 5.41) is 2.74. The van der Waals surface area contributed by atoms with Crippen LogP contribution in [0.25, 0.3) is 10.8 Å². The maximum Gasteiger partial charge on any atom is 0.279 e. The third kappa shape index (κ3) is 5.56. The zero-order valence-corrected chi connectivity index (χ0v) is 18.8. The minimum atomic E-state index is -0.903. The molecule has 0 aliphatic carbocycles. The summed E-state index contributed by atoms with van der Waals surface area (Å²) in [6.07, 6.45) is -0.903. The Labute approximate surface area is 191 Å². The van der Waals surface area contributed by atoms with Crippen LogP contribution in [0.15, 0.2) is 59.1 Å². The van der Waals surface area contributed by atoms with Gasteiger partial charge in [0.15, 0.2) is 12.7 Å². The summed E-state index contributed by atoms with van der Waals surface area (Å²) in [5.41, 5.74) is 4.58. The molecule has 0 aromatic heterocycles. The van der Waals surface area contributed by atoms with Crippen LogP contribution in [0.3, 0.4) is 0 Å². The van der Waals surface area contributed by atoms with E-state index >= 15 is 0 Å². The molecule has 30 heavy (non-hydrogen) atoms. The molecule has 0 fully saturated rings. The van der Waals surface area contributed by atoms with Crippen molar-refractivity contribution in [2.24, 2.45) is 0 Å². The number of nitrogens with one attached hydrogen (secondary N) is 2. The van der Waals surface area contributed by atoms with Crippen molar-refractivity contribution in [3.63, 3.8) is 0 Å². The van der Waals surface area contributed by atoms with Crippen molar-refractivity contribution >= 4 is 61.7 Å². The SMILES string of the molecule is CC(Oc1ccc(Cl)cc1Cl)C(=O)NNC(=O)COc1ccc2ccccc2c1Br. The molecule has 156 valence electrons.